The summed E-state index contributed by atoms with van der Waals surface area (Å²) in [7, 11) is 0. The number of halogens is 1. The third-order valence-electron chi connectivity index (χ3n) is 8.79. The highest BCUT2D eigenvalue weighted by atomic mass is 19.1. The normalized spacial score (nSPS) is 52.5. The van der Waals surface area contributed by atoms with Crippen molar-refractivity contribution in [1.82, 2.24) is 0 Å². The van der Waals surface area contributed by atoms with Crippen molar-refractivity contribution in [3.63, 3.8) is 0 Å². The van der Waals surface area contributed by atoms with Gasteiger partial charge in [0.2, 0.25) is 0 Å². The predicted octanol–water partition coefficient (Wildman–Crippen LogP) is 1.90. The van der Waals surface area contributed by atoms with Crippen molar-refractivity contribution in [1.29, 1.82) is 0 Å². The third kappa shape index (κ3) is 2.01. The minimum atomic E-state index is -1.98. The maximum absolute atomic E-state index is 16.9. The van der Waals surface area contributed by atoms with Gasteiger partial charge in [-0.05, 0) is 56.6 Å². The molecule has 0 aromatic carbocycles. The maximum atomic E-state index is 16.9. The first kappa shape index (κ1) is 19.9. The van der Waals surface area contributed by atoms with Crippen molar-refractivity contribution in [3.8, 4) is 0 Å². The van der Waals surface area contributed by atoms with Crippen molar-refractivity contribution in [3.05, 3.63) is 23.8 Å². The van der Waals surface area contributed by atoms with Gasteiger partial charge in [0.05, 0.1) is 6.10 Å². The summed E-state index contributed by atoms with van der Waals surface area (Å²) in [5, 5.41) is 32.0. The van der Waals surface area contributed by atoms with Gasteiger partial charge in [-0.3, -0.25) is 9.59 Å². The van der Waals surface area contributed by atoms with Gasteiger partial charge in [0.25, 0.3) is 0 Å². The molecule has 3 fully saturated rings. The van der Waals surface area contributed by atoms with E-state index in [4.69, 9.17) is 0 Å². The molecule has 28 heavy (non-hydrogen) atoms. The lowest BCUT2D eigenvalue weighted by atomic mass is 9.44. The van der Waals surface area contributed by atoms with Crippen molar-refractivity contribution in [2.24, 2.45) is 28.6 Å². The van der Waals surface area contributed by atoms with E-state index in [1.165, 1.54) is 12.2 Å². The SMILES string of the molecule is C[C@@H]1C[C@@H]2[C@H]3CCC4=CC(=O)C=C[C@]4(C)[C@]3(F)[C@@H](O)C[C@@]2(C)[C@@]1(O)C(=O)CO. The smallest absolute Gasteiger partial charge is 0.190 e. The Bertz CT molecular complexity index is 805. The van der Waals surface area contributed by atoms with Crippen molar-refractivity contribution < 1.29 is 29.3 Å². The second-order valence-corrected chi connectivity index (χ2v) is 9.75. The van der Waals surface area contributed by atoms with Crippen LogP contribution in [0.25, 0.3) is 0 Å². The van der Waals surface area contributed by atoms with E-state index in [1.54, 1.807) is 26.8 Å². The van der Waals surface area contributed by atoms with Gasteiger partial charge >= 0.3 is 0 Å². The number of aliphatic hydroxyl groups excluding tert-OH is 2. The van der Waals surface area contributed by atoms with Crippen LogP contribution in [-0.2, 0) is 9.59 Å². The molecule has 6 heteroatoms. The Morgan fingerprint density at radius 3 is 2.64 bits per heavy atom. The van der Waals surface area contributed by atoms with Gasteiger partial charge in [-0.15, -0.1) is 0 Å². The maximum Gasteiger partial charge on any atom is 0.190 e. The topological polar surface area (TPSA) is 94.8 Å². The van der Waals surface area contributed by atoms with E-state index in [-0.39, 0.29) is 18.1 Å². The molecule has 0 amide bonds. The standard InChI is InChI=1S/C22H29FO5/c1-12-8-16-15-5-4-13-9-14(25)6-7-19(13,2)21(15,23)17(26)10-20(16,3)22(12,28)18(27)11-24/h6-7,9,12,15-17,24,26,28H,4-5,8,10-11H2,1-3H3/t12-,15-,16-,17+,19+,20-,21-,22+/m1/s1. The van der Waals surface area contributed by atoms with E-state index in [1.807, 2.05) is 0 Å². The molecule has 3 saturated carbocycles. The number of hydrogen-bond acceptors (Lipinski definition) is 5. The highest BCUT2D eigenvalue weighted by Gasteiger charge is 2.75. The number of allylic oxidation sites excluding steroid dienone is 4. The first-order valence-electron chi connectivity index (χ1n) is 10.1. The van der Waals surface area contributed by atoms with E-state index in [0.717, 1.165) is 0 Å². The van der Waals surface area contributed by atoms with E-state index < -0.39 is 52.4 Å². The van der Waals surface area contributed by atoms with Crippen LogP contribution >= 0.6 is 0 Å². The Balaban J connectivity index is 1.84. The van der Waals surface area contributed by atoms with Gasteiger partial charge in [-0.2, -0.15) is 0 Å². The van der Waals surface area contributed by atoms with Crippen LogP contribution in [0, 0.1) is 28.6 Å². The van der Waals surface area contributed by atoms with Gasteiger partial charge in [-0.1, -0.05) is 25.5 Å². The van der Waals surface area contributed by atoms with Gasteiger partial charge in [0.1, 0.15) is 12.2 Å². The highest BCUT2D eigenvalue weighted by molar-refractivity contribution is 6.01. The molecule has 0 unspecified atom stereocenters. The Labute approximate surface area is 164 Å². The summed E-state index contributed by atoms with van der Waals surface area (Å²) in [6.45, 7) is 4.48. The van der Waals surface area contributed by atoms with Crippen molar-refractivity contribution in [2.45, 2.75) is 63.8 Å². The molecular formula is C22H29FO5. The molecule has 0 aromatic heterocycles. The van der Waals surface area contributed by atoms with E-state index in [2.05, 4.69) is 0 Å². The molecule has 0 aromatic rings. The summed E-state index contributed by atoms with van der Waals surface area (Å²) in [6, 6.07) is 0. The van der Waals surface area contributed by atoms with Crippen LogP contribution in [-0.4, -0.2) is 50.9 Å². The lowest BCUT2D eigenvalue weighted by Crippen LogP contribution is -2.69. The van der Waals surface area contributed by atoms with Crippen LogP contribution in [0.5, 0.6) is 0 Å². The fourth-order valence-corrected chi connectivity index (χ4v) is 7.26. The first-order valence-corrected chi connectivity index (χ1v) is 10.1. The molecule has 4 aliphatic carbocycles. The minimum Gasteiger partial charge on any atom is -0.390 e. The molecular weight excluding hydrogens is 363 g/mol. The molecule has 0 heterocycles. The summed E-state index contributed by atoms with van der Waals surface area (Å²) in [4.78, 5) is 24.4. The van der Waals surface area contributed by atoms with E-state index in [9.17, 15) is 24.9 Å². The van der Waals surface area contributed by atoms with E-state index in [0.29, 0.717) is 24.8 Å². The number of carbonyl (C=O) groups excluding carboxylic acids is 2. The Morgan fingerprint density at radius 2 is 2.00 bits per heavy atom. The average Bonchev–Trinajstić information content (AvgIpc) is 2.84. The first-order chi connectivity index (χ1) is 13.0. The number of alkyl halides is 1. The molecule has 0 aliphatic heterocycles. The molecule has 154 valence electrons. The Morgan fingerprint density at radius 1 is 1.32 bits per heavy atom. The fourth-order valence-electron chi connectivity index (χ4n) is 7.26. The second-order valence-electron chi connectivity index (χ2n) is 9.75. The van der Waals surface area contributed by atoms with Crippen LogP contribution in [0.2, 0.25) is 0 Å². The lowest BCUT2D eigenvalue weighted by Gasteiger charge is -2.62. The third-order valence-corrected chi connectivity index (χ3v) is 8.79. The lowest BCUT2D eigenvalue weighted by molar-refractivity contribution is -0.219. The van der Waals surface area contributed by atoms with Crippen molar-refractivity contribution >= 4 is 11.6 Å². The molecule has 5 nitrogen and oxygen atoms in total. The summed E-state index contributed by atoms with van der Waals surface area (Å²) in [5.74, 6) is -2.12. The Kier molecular flexibility index (Phi) is 4.15. The zero-order valence-corrected chi connectivity index (χ0v) is 16.6. The van der Waals surface area contributed by atoms with Crippen LogP contribution < -0.4 is 0 Å². The van der Waals surface area contributed by atoms with Gasteiger partial charge in [0, 0.05) is 16.7 Å². The number of aliphatic hydroxyl groups is 3. The molecule has 0 radical (unpaired) electrons. The van der Waals surface area contributed by atoms with Gasteiger partial charge < -0.3 is 15.3 Å². The van der Waals surface area contributed by atoms with Gasteiger partial charge in [-0.25, -0.2) is 4.39 Å². The molecule has 8 atom stereocenters. The number of fused-ring (bicyclic) bond motifs is 5. The zero-order chi connectivity index (χ0) is 20.7. The second kappa shape index (κ2) is 5.83. The predicted molar refractivity (Wildman–Crippen MR) is 99.9 cm³/mol. The quantitative estimate of drug-likeness (QED) is 0.667. The Hall–Kier alpha value is -1.37. The van der Waals surface area contributed by atoms with Crippen LogP contribution in [0.4, 0.5) is 4.39 Å². The molecule has 3 N–H and O–H groups in total. The van der Waals surface area contributed by atoms with Crippen LogP contribution in [0.15, 0.2) is 23.8 Å². The molecule has 0 saturated heterocycles. The number of rotatable bonds is 2. The summed E-state index contributed by atoms with van der Waals surface area (Å²) >= 11 is 0. The number of Topliss-reactive ketones (excluding diaryl/α,β-unsaturated/α-hetero) is 1. The van der Waals surface area contributed by atoms with Crippen LogP contribution in [0.1, 0.15) is 46.5 Å². The molecule has 4 rings (SSSR count). The number of ketones is 2. The monoisotopic (exact) mass is 392 g/mol. The zero-order valence-electron chi connectivity index (χ0n) is 16.6. The average molecular weight is 392 g/mol. The highest BCUT2D eigenvalue weighted by Crippen LogP contribution is 2.70. The fraction of sp³-hybridized carbons (Fsp3) is 0.727. The minimum absolute atomic E-state index is 0.0676. The summed E-state index contributed by atoms with van der Waals surface area (Å²) in [5.41, 5.74) is -5.17. The van der Waals surface area contributed by atoms with Crippen LogP contribution in [0.3, 0.4) is 0 Å². The summed E-state index contributed by atoms with van der Waals surface area (Å²) in [6.07, 6.45) is 4.44. The van der Waals surface area contributed by atoms with E-state index >= 15 is 4.39 Å². The number of hydrogen-bond donors (Lipinski definition) is 3. The summed E-state index contributed by atoms with van der Waals surface area (Å²) < 4.78 is 16.9. The number of carbonyl (C=O) groups is 2. The molecule has 0 spiro atoms. The van der Waals surface area contributed by atoms with Gasteiger partial charge in [0.15, 0.2) is 17.2 Å². The molecule has 4 aliphatic rings. The van der Waals surface area contributed by atoms with Crippen molar-refractivity contribution in [2.75, 3.05) is 6.61 Å². The molecule has 0 bridgehead atoms. The largest absolute Gasteiger partial charge is 0.390 e.